The molecule has 0 aliphatic carbocycles. The van der Waals surface area contributed by atoms with Crippen LogP contribution in [0.5, 0.6) is 0 Å². The molecule has 2 aromatic rings. The van der Waals surface area contributed by atoms with Crippen LogP contribution in [0.25, 0.3) is 10.8 Å². The Labute approximate surface area is 97.3 Å². The largest absolute Gasteiger partial charge is 0.0809 e. The van der Waals surface area contributed by atoms with Crippen LogP contribution in [0.2, 0.25) is 0 Å². The highest BCUT2D eigenvalue weighted by molar-refractivity contribution is 5.86. The summed E-state index contributed by atoms with van der Waals surface area (Å²) in [6.45, 7) is 2.15. The highest BCUT2D eigenvalue weighted by atomic mass is 14.1. The van der Waals surface area contributed by atoms with Crippen LogP contribution in [0.4, 0.5) is 0 Å². The van der Waals surface area contributed by atoms with Gasteiger partial charge in [0, 0.05) is 5.92 Å². The minimum absolute atomic E-state index is 0.135. The Morgan fingerprint density at radius 3 is 2.62 bits per heavy atom. The normalized spacial score (nSPS) is 12.2. The molecule has 0 amide bonds. The number of benzene rings is 2. The lowest BCUT2D eigenvalue weighted by Gasteiger charge is -2.12. The molecular formula is C16H15. The summed E-state index contributed by atoms with van der Waals surface area (Å²) in [5.74, 6) is 2.80. The van der Waals surface area contributed by atoms with E-state index in [-0.39, 0.29) is 5.92 Å². The van der Waals surface area contributed by atoms with Gasteiger partial charge in [0.2, 0.25) is 0 Å². The van der Waals surface area contributed by atoms with Gasteiger partial charge < -0.3 is 0 Å². The lowest BCUT2D eigenvalue weighted by Crippen LogP contribution is -1.96. The lowest BCUT2D eigenvalue weighted by molar-refractivity contribution is 0.738. The third-order valence-corrected chi connectivity index (χ3v) is 2.95. The topological polar surface area (TPSA) is 0 Å². The van der Waals surface area contributed by atoms with E-state index in [1.54, 1.807) is 0 Å². The van der Waals surface area contributed by atoms with Gasteiger partial charge in [-0.25, -0.2) is 0 Å². The molecule has 0 aliphatic rings. The Bertz CT molecular complexity index is 512. The minimum atomic E-state index is 0.135. The molecule has 0 nitrogen and oxygen atoms in total. The van der Waals surface area contributed by atoms with E-state index in [0.29, 0.717) is 0 Å². The van der Waals surface area contributed by atoms with Crippen molar-refractivity contribution in [3.63, 3.8) is 0 Å². The SMILES string of the molecule is [C]#CC(CCC)c1cccc2ccccc12. The van der Waals surface area contributed by atoms with Crippen molar-refractivity contribution in [1.82, 2.24) is 0 Å². The van der Waals surface area contributed by atoms with E-state index in [0.717, 1.165) is 12.8 Å². The highest BCUT2D eigenvalue weighted by Gasteiger charge is 2.10. The average Bonchev–Trinajstić information content (AvgIpc) is 2.35. The summed E-state index contributed by atoms with van der Waals surface area (Å²) in [5.41, 5.74) is 1.23. The van der Waals surface area contributed by atoms with Crippen LogP contribution < -0.4 is 0 Å². The van der Waals surface area contributed by atoms with Gasteiger partial charge in [0.15, 0.2) is 0 Å². The Hall–Kier alpha value is -1.74. The smallest absolute Gasteiger partial charge is 0.0468 e. The van der Waals surface area contributed by atoms with Crippen LogP contribution in [0.1, 0.15) is 31.2 Å². The van der Waals surface area contributed by atoms with Crippen LogP contribution in [-0.2, 0) is 0 Å². The van der Waals surface area contributed by atoms with Crippen molar-refractivity contribution in [1.29, 1.82) is 0 Å². The van der Waals surface area contributed by atoms with E-state index >= 15 is 0 Å². The fraction of sp³-hybridized carbons (Fsp3) is 0.250. The summed E-state index contributed by atoms with van der Waals surface area (Å²) in [5, 5.41) is 2.50. The molecule has 0 aliphatic heterocycles. The van der Waals surface area contributed by atoms with E-state index in [4.69, 9.17) is 6.42 Å². The van der Waals surface area contributed by atoms with Crippen LogP contribution in [0.3, 0.4) is 0 Å². The zero-order valence-corrected chi connectivity index (χ0v) is 9.53. The highest BCUT2D eigenvalue weighted by Crippen LogP contribution is 2.28. The Morgan fingerprint density at radius 2 is 1.88 bits per heavy atom. The Morgan fingerprint density at radius 1 is 1.12 bits per heavy atom. The fourth-order valence-electron chi connectivity index (χ4n) is 2.15. The van der Waals surface area contributed by atoms with Crippen LogP contribution >= 0.6 is 0 Å². The fourth-order valence-corrected chi connectivity index (χ4v) is 2.15. The first-order valence-electron chi connectivity index (χ1n) is 5.76. The van der Waals surface area contributed by atoms with Gasteiger partial charge in [0.1, 0.15) is 0 Å². The zero-order valence-electron chi connectivity index (χ0n) is 9.53. The maximum absolute atomic E-state index is 7.43. The van der Waals surface area contributed by atoms with Crippen LogP contribution in [-0.4, -0.2) is 0 Å². The molecule has 0 aromatic heterocycles. The lowest BCUT2D eigenvalue weighted by atomic mass is 9.91. The van der Waals surface area contributed by atoms with E-state index < -0.39 is 0 Å². The van der Waals surface area contributed by atoms with E-state index in [9.17, 15) is 0 Å². The third-order valence-electron chi connectivity index (χ3n) is 2.95. The van der Waals surface area contributed by atoms with Gasteiger partial charge in [-0.05, 0) is 29.2 Å². The molecule has 0 spiro atoms. The molecule has 0 bridgehead atoms. The van der Waals surface area contributed by atoms with Gasteiger partial charge in [-0.3, -0.25) is 0 Å². The first kappa shape index (κ1) is 10.8. The molecule has 1 radical (unpaired) electrons. The van der Waals surface area contributed by atoms with E-state index in [1.165, 1.54) is 16.3 Å². The van der Waals surface area contributed by atoms with Crippen molar-refractivity contribution in [3.05, 3.63) is 54.5 Å². The Kier molecular flexibility index (Phi) is 3.27. The van der Waals surface area contributed by atoms with E-state index in [1.807, 2.05) is 0 Å². The molecule has 0 N–H and O–H groups in total. The van der Waals surface area contributed by atoms with Crippen molar-refractivity contribution in [2.45, 2.75) is 25.7 Å². The molecule has 0 heteroatoms. The molecular weight excluding hydrogens is 192 g/mol. The van der Waals surface area contributed by atoms with Crippen LogP contribution in [0.15, 0.2) is 42.5 Å². The van der Waals surface area contributed by atoms with Gasteiger partial charge in [-0.15, -0.1) is 0 Å². The summed E-state index contributed by atoms with van der Waals surface area (Å²) in [6.07, 6.45) is 9.51. The second-order valence-corrected chi connectivity index (χ2v) is 4.05. The Balaban J connectivity index is 2.55. The summed E-state index contributed by atoms with van der Waals surface area (Å²) in [7, 11) is 0. The zero-order chi connectivity index (χ0) is 11.4. The molecule has 0 saturated carbocycles. The number of hydrogen-bond acceptors (Lipinski definition) is 0. The monoisotopic (exact) mass is 207 g/mol. The summed E-state index contributed by atoms with van der Waals surface area (Å²) >= 11 is 0. The molecule has 1 unspecified atom stereocenters. The molecule has 79 valence electrons. The molecule has 2 aromatic carbocycles. The first-order chi connectivity index (χ1) is 7.86. The molecule has 16 heavy (non-hydrogen) atoms. The quantitative estimate of drug-likeness (QED) is 0.658. The van der Waals surface area contributed by atoms with Gasteiger partial charge in [-0.2, -0.15) is 0 Å². The van der Waals surface area contributed by atoms with Gasteiger partial charge in [0.05, 0.1) is 0 Å². The minimum Gasteiger partial charge on any atom is -0.0809 e. The van der Waals surface area contributed by atoms with Gasteiger partial charge in [0.25, 0.3) is 0 Å². The average molecular weight is 207 g/mol. The summed E-state index contributed by atoms with van der Waals surface area (Å²) in [4.78, 5) is 0. The molecule has 0 heterocycles. The second kappa shape index (κ2) is 4.86. The number of rotatable bonds is 3. The van der Waals surface area contributed by atoms with Crippen molar-refractivity contribution in [2.75, 3.05) is 0 Å². The van der Waals surface area contributed by atoms with Crippen molar-refractivity contribution < 1.29 is 0 Å². The first-order valence-corrected chi connectivity index (χ1v) is 5.76. The van der Waals surface area contributed by atoms with Crippen molar-refractivity contribution in [3.8, 4) is 5.92 Å². The second-order valence-electron chi connectivity index (χ2n) is 4.05. The van der Waals surface area contributed by atoms with E-state index in [2.05, 4.69) is 55.3 Å². The third kappa shape index (κ3) is 1.95. The maximum Gasteiger partial charge on any atom is 0.0468 e. The molecule has 0 saturated heterocycles. The van der Waals surface area contributed by atoms with Crippen LogP contribution in [0, 0.1) is 12.3 Å². The predicted molar refractivity (Wildman–Crippen MR) is 68.7 cm³/mol. The number of fused-ring (bicyclic) bond motifs is 1. The number of hydrogen-bond donors (Lipinski definition) is 0. The molecule has 0 fully saturated rings. The summed E-state index contributed by atoms with van der Waals surface area (Å²) < 4.78 is 0. The standard InChI is InChI=1S/C16H15/c1-3-8-13(4-2)15-12-7-10-14-9-5-6-11-16(14)15/h5-7,9-13H,3,8H2,1H3. The molecule has 2 rings (SSSR count). The van der Waals surface area contributed by atoms with Gasteiger partial charge >= 0.3 is 0 Å². The van der Waals surface area contributed by atoms with Crippen molar-refractivity contribution >= 4 is 10.8 Å². The summed E-state index contributed by atoms with van der Waals surface area (Å²) in [6, 6.07) is 14.7. The van der Waals surface area contributed by atoms with Gasteiger partial charge in [-0.1, -0.05) is 61.7 Å². The maximum atomic E-state index is 7.43. The predicted octanol–water partition coefficient (Wildman–Crippen LogP) is 4.31. The van der Waals surface area contributed by atoms with Crippen molar-refractivity contribution in [2.24, 2.45) is 0 Å². The molecule has 1 atom stereocenters.